The van der Waals surface area contributed by atoms with E-state index in [1.54, 1.807) is 14.2 Å². The Labute approximate surface area is 121 Å². The van der Waals surface area contributed by atoms with E-state index in [0.717, 1.165) is 54.7 Å². The zero-order valence-electron chi connectivity index (χ0n) is 12.9. The monoisotopic (exact) mass is 276 g/mol. The van der Waals surface area contributed by atoms with E-state index in [-0.39, 0.29) is 5.41 Å². The van der Waals surface area contributed by atoms with Gasteiger partial charge in [0, 0.05) is 12.8 Å². The second-order valence-electron chi connectivity index (χ2n) is 6.13. The second-order valence-corrected chi connectivity index (χ2v) is 6.13. The number of hydrogen-bond donors (Lipinski definition) is 0. The molecule has 0 N–H and O–H groups in total. The molecule has 20 heavy (non-hydrogen) atoms. The van der Waals surface area contributed by atoms with Gasteiger partial charge < -0.3 is 9.47 Å². The predicted octanol–water partition coefficient (Wildman–Crippen LogP) is 3.70. The van der Waals surface area contributed by atoms with Crippen molar-refractivity contribution in [3.63, 3.8) is 0 Å². The number of ether oxygens (including phenoxy) is 2. The number of hydrogen-bond acceptors (Lipinski definition) is 3. The Morgan fingerprint density at radius 1 is 1.20 bits per heavy atom. The van der Waals surface area contributed by atoms with Crippen LogP contribution in [0, 0.1) is 12.3 Å². The van der Waals surface area contributed by atoms with Crippen LogP contribution < -0.4 is 9.47 Å². The molecule has 0 aliphatic heterocycles. The van der Waals surface area contributed by atoms with E-state index in [4.69, 9.17) is 9.47 Å². The van der Waals surface area contributed by atoms with Crippen molar-refractivity contribution in [2.24, 2.45) is 5.41 Å². The quantitative estimate of drug-likeness (QED) is 0.822. The summed E-state index contributed by atoms with van der Waals surface area (Å²) in [4.78, 5) is 11.5. The van der Waals surface area contributed by atoms with Crippen LogP contribution >= 0.6 is 0 Å². The van der Waals surface area contributed by atoms with Gasteiger partial charge in [-0.1, -0.05) is 19.1 Å². The topological polar surface area (TPSA) is 35.5 Å². The van der Waals surface area contributed by atoms with Crippen molar-refractivity contribution in [3.05, 3.63) is 23.3 Å². The smallest absolute Gasteiger partial charge is 0.164 e. The third-order valence-corrected chi connectivity index (χ3v) is 4.43. The van der Waals surface area contributed by atoms with Crippen LogP contribution in [0.5, 0.6) is 11.5 Å². The van der Waals surface area contributed by atoms with Gasteiger partial charge in [-0.25, -0.2) is 0 Å². The lowest BCUT2D eigenvalue weighted by Gasteiger charge is -2.23. The summed E-state index contributed by atoms with van der Waals surface area (Å²) in [6, 6.07) is 4.18. The lowest BCUT2D eigenvalue weighted by molar-refractivity contribution is -0.118. The number of methoxy groups -OCH3 is 2. The fourth-order valence-electron chi connectivity index (χ4n) is 3.12. The number of benzene rings is 1. The van der Waals surface area contributed by atoms with Gasteiger partial charge in [-0.3, -0.25) is 4.79 Å². The number of carbonyl (C=O) groups excluding carboxylic acids is 1. The van der Waals surface area contributed by atoms with E-state index in [9.17, 15) is 4.79 Å². The van der Waals surface area contributed by atoms with Crippen LogP contribution in [0.15, 0.2) is 12.1 Å². The van der Waals surface area contributed by atoms with Gasteiger partial charge in [0.25, 0.3) is 0 Å². The Bertz CT molecular complexity index is 507. The van der Waals surface area contributed by atoms with E-state index >= 15 is 0 Å². The van der Waals surface area contributed by atoms with Crippen LogP contribution in [0.25, 0.3) is 0 Å². The maximum Gasteiger partial charge on any atom is 0.164 e. The van der Waals surface area contributed by atoms with Crippen molar-refractivity contribution in [1.29, 1.82) is 0 Å². The van der Waals surface area contributed by atoms with Crippen molar-refractivity contribution in [2.45, 2.75) is 46.0 Å². The molecule has 0 aromatic heterocycles. The van der Waals surface area contributed by atoms with Gasteiger partial charge in [-0.2, -0.15) is 0 Å². The van der Waals surface area contributed by atoms with Gasteiger partial charge in [-0.15, -0.1) is 0 Å². The third-order valence-electron chi connectivity index (χ3n) is 4.43. The molecule has 110 valence electrons. The normalized spacial score (nSPS) is 22.1. The van der Waals surface area contributed by atoms with Gasteiger partial charge in [0.05, 0.1) is 14.2 Å². The summed E-state index contributed by atoms with van der Waals surface area (Å²) in [7, 11) is 3.35. The maximum absolute atomic E-state index is 11.5. The van der Waals surface area contributed by atoms with Gasteiger partial charge in [0.15, 0.2) is 11.5 Å². The first-order chi connectivity index (χ1) is 9.49. The van der Waals surface area contributed by atoms with Crippen molar-refractivity contribution < 1.29 is 14.3 Å². The average Bonchev–Trinajstić information content (AvgIpc) is 2.77. The predicted molar refractivity (Wildman–Crippen MR) is 79.6 cm³/mol. The van der Waals surface area contributed by atoms with Crippen LogP contribution in [-0.4, -0.2) is 20.0 Å². The summed E-state index contributed by atoms with van der Waals surface area (Å²) >= 11 is 0. The van der Waals surface area contributed by atoms with Crippen LogP contribution in [0.1, 0.15) is 43.7 Å². The molecule has 0 radical (unpaired) electrons. The number of carbonyl (C=O) groups is 1. The fraction of sp³-hybridized carbons (Fsp3) is 0.588. The molecular formula is C17H24O3. The molecule has 0 unspecified atom stereocenters. The van der Waals surface area contributed by atoms with E-state index in [0.29, 0.717) is 5.78 Å². The Kier molecular flexibility index (Phi) is 4.36. The van der Waals surface area contributed by atoms with Crippen LogP contribution in [0.2, 0.25) is 0 Å². The average molecular weight is 276 g/mol. The van der Waals surface area contributed by atoms with E-state index in [1.165, 1.54) is 0 Å². The van der Waals surface area contributed by atoms with Crippen molar-refractivity contribution in [3.8, 4) is 11.5 Å². The van der Waals surface area contributed by atoms with E-state index in [2.05, 4.69) is 19.1 Å². The second kappa shape index (κ2) is 5.86. The standard InChI is InChI=1S/C17H24O3/c1-12-5-6-13(16(20-4)15(12)19-3)7-9-17(2)10-8-14(18)11-17/h5-6H,7-11H2,1-4H3/t17-/m1/s1. The largest absolute Gasteiger partial charge is 0.493 e. The van der Waals surface area contributed by atoms with Crippen LogP contribution in [-0.2, 0) is 11.2 Å². The zero-order chi connectivity index (χ0) is 14.8. The number of rotatable bonds is 5. The summed E-state index contributed by atoms with van der Waals surface area (Å²) in [5, 5.41) is 0. The zero-order valence-corrected chi connectivity index (χ0v) is 12.9. The Morgan fingerprint density at radius 2 is 1.90 bits per heavy atom. The van der Waals surface area contributed by atoms with Crippen molar-refractivity contribution in [2.75, 3.05) is 14.2 Å². The molecule has 1 fully saturated rings. The Balaban J connectivity index is 2.15. The summed E-state index contributed by atoms with van der Waals surface area (Å²) in [6.45, 7) is 4.23. The van der Waals surface area contributed by atoms with Crippen LogP contribution in [0.3, 0.4) is 0 Å². The summed E-state index contributed by atoms with van der Waals surface area (Å²) in [6.07, 6.45) is 4.41. The molecule has 0 amide bonds. The van der Waals surface area contributed by atoms with Gasteiger partial charge in [0.1, 0.15) is 5.78 Å². The summed E-state index contributed by atoms with van der Waals surface area (Å²) in [5.41, 5.74) is 2.39. The highest BCUT2D eigenvalue weighted by molar-refractivity contribution is 5.81. The molecule has 1 saturated carbocycles. The maximum atomic E-state index is 11.5. The highest BCUT2D eigenvalue weighted by atomic mass is 16.5. The minimum absolute atomic E-state index is 0.153. The molecule has 2 rings (SSSR count). The highest BCUT2D eigenvalue weighted by Gasteiger charge is 2.33. The van der Waals surface area contributed by atoms with E-state index in [1.807, 2.05) is 6.92 Å². The molecule has 3 nitrogen and oxygen atoms in total. The lowest BCUT2D eigenvalue weighted by Crippen LogP contribution is -2.13. The van der Waals surface area contributed by atoms with Crippen LogP contribution in [0.4, 0.5) is 0 Å². The van der Waals surface area contributed by atoms with Gasteiger partial charge in [0.2, 0.25) is 0 Å². The summed E-state index contributed by atoms with van der Waals surface area (Å²) < 4.78 is 11.0. The molecule has 1 aliphatic rings. The van der Waals surface area contributed by atoms with Crippen molar-refractivity contribution >= 4 is 5.78 Å². The molecule has 1 aromatic rings. The Morgan fingerprint density at radius 3 is 2.45 bits per heavy atom. The van der Waals surface area contributed by atoms with Crippen molar-refractivity contribution in [1.82, 2.24) is 0 Å². The molecule has 1 atom stereocenters. The molecule has 0 spiro atoms. The minimum atomic E-state index is 0.153. The first-order valence-corrected chi connectivity index (χ1v) is 7.21. The summed E-state index contributed by atoms with van der Waals surface area (Å²) in [5.74, 6) is 2.05. The molecule has 1 aliphatic carbocycles. The minimum Gasteiger partial charge on any atom is -0.493 e. The fourth-order valence-corrected chi connectivity index (χ4v) is 3.12. The molecule has 1 aromatic carbocycles. The van der Waals surface area contributed by atoms with E-state index < -0.39 is 0 Å². The number of Topliss-reactive ketones (excluding diaryl/α,β-unsaturated/α-hetero) is 1. The molecule has 0 heterocycles. The highest BCUT2D eigenvalue weighted by Crippen LogP contribution is 2.41. The van der Waals surface area contributed by atoms with Gasteiger partial charge >= 0.3 is 0 Å². The molecule has 3 heteroatoms. The Hall–Kier alpha value is -1.51. The lowest BCUT2D eigenvalue weighted by atomic mass is 9.82. The molecular weight excluding hydrogens is 252 g/mol. The first-order valence-electron chi connectivity index (χ1n) is 7.21. The molecule has 0 bridgehead atoms. The van der Waals surface area contributed by atoms with Gasteiger partial charge in [-0.05, 0) is 42.7 Å². The third kappa shape index (κ3) is 2.97. The SMILES string of the molecule is COc1c(C)ccc(CC[C@]2(C)CCC(=O)C2)c1OC. The first kappa shape index (κ1) is 14.9. The molecule has 0 saturated heterocycles. The number of ketones is 1. The number of aryl methyl sites for hydroxylation is 2.